The third-order valence-corrected chi connectivity index (χ3v) is 2.86. The van der Waals surface area contributed by atoms with Crippen LogP contribution in [0.2, 0.25) is 0 Å². The molecule has 0 heterocycles. The van der Waals surface area contributed by atoms with E-state index in [0.717, 1.165) is 11.1 Å². The Balaban J connectivity index is 2.21. The van der Waals surface area contributed by atoms with Gasteiger partial charge in [0.25, 0.3) is 0 Å². The Morgan fingerprint density at radius 2 is 1.45 bits per heavy atom. The number of carboxylic acid groups (broad SMARTS) is 1. The summed E-state index contributed by atoms with van der Waals surface area (Å²) in [5.74, 6) is -1.86. The summed E-state index contributed by atoms with van der Waals surface area (Å²) in [5, 5.41) is 19.1. The molecule has 98 valence electrons. The number of carboxylic acids is 1. The van der Waals surface area contributed by atoms with Crippen LogP contribution in [0.3, 0.4) is 0 Å². The molecule has 0 saturated heterocycles. The van der Waals surface area contributed by atoms with Gasteiger partial charge in [-0.25, -0.2) is 0 Å². The SMILES string of the molecule is N#Cc1ccc(-c2ccc(C(=O)CC(=O)[O-])cc2)cc1. The summed E-state index contributed by atoms with van der Waals surface area (Å²) < 4.78 is 0. The van der Waals surface area contributed by atoms with Crippen molar-refractivity contribution >= 4 is 11.8 Å². The molecular weight excluding hydrogens is 254 g/mol. The van der Waals surface area contributed by atoms with Crippen molar-refractivity contribution in [1.82, 2.24) is 0 Å². The maximum atomic E-state index is 11.5. The van der Waals surface area contributed by atoms with Gasteiger partial charge in [-0.1, -0.05) is 36.4 Å². The Labute approximate surface area is 115 Å². The number of ketones is 1. The predicted octanol–water partition coefficient (Wildman–Crippen LogP) is 1.55. The third-order valence-electron chi connectivity index (χ3n) is 2.86. The summed E-state index contributed by atoms with van der Waals surface area (Å²) in [5.41, 5.74) is 2.73. The number of Topliss-reactive ketones (excluding diaryl/α,β-unsaturated/α-hetero) is 1. The van der Waals surface area contributed by atoms with Crippen molar-refractivity contribution in [3.63, 3.8) is 0 Å². The molecule has 0 aliphatic rings. The standard InChI is InChI=1S/C16H11NO3/c17-10-11-1-3-12(4-2-11)13-5-7-14(8-6-13)15(18)9-16(19)20/h1-8H,9H2,(H,19,20)/p-1. The van der Waals surface area contributed by atoms with Gasteiger partial charge in [-0.05, 0) is 23.3 Å². The normalized spacial score (nSPS) is 9.75. The van der Waals surface area contributed by atoms with E-state index in [1.54, 1.807) is 36.4 Å². The fourth-order valence-electron chi connectivity index (χ4n) is 1.82. The Bertz CT molecular complexity index is 679. The summed E-state index contributed by atoms with van der Waals surface area (Å²) in [7, 11) is 0. The molecule has 0 saturated carbocycles. The average molecular weight is 264 g/mol. The number of nitrogens with zero attached hydrogens (tertiary/aromatic N) is 1. The highest BCUT2D eigenvalue weighted by atomic mass is 16.4. The van der Waals surface area contributed by atoms with Crippen LogP contribution in [-0.2, 0) is 4.79 Å². The van der Waals surface area contributed by atoms with Gasteiger partial charge in [0.2, 0.25) is 0 Å². The molecule has 0 aromatic heterocycles. The largest absolute Gasteiger partial charge is 0.550 e. The van der Waals surface area contributed by atoms with Gasteiger partial charge in [0.05, 0.1) is 18.1 Å². The summed E-state index contributed by atoms with van der Waals surface area (Å²) in [4.78, 5) is 21.9. The molecule has 0 bridgehead atoms. The maximum absolute atomic E-state index is 11.5. The zero-order valence-corrected chi connectivity index (χ0v) is 10.5. The zero-order valence-electron chi connectivity index (χ0n) is 10.5. The van der Waals surface area contributed by atoms with Crippen molar-refractivity contribution in [2.75, 3.05) is 0 Å². The van der Waals surface area contributed by atoms with Gasteiger partial charge < -0.3 is 9.90 Å². The number of aliphatic carboxylic acids is 1. The Kier molecular flexibility index (Phi) is 3.92. The van der Waals surface area contributed by atoms with Crippen LogP contribution >= 0.6 is 0 Å². The molecule has 0 spiro atoms. The first-order valence-electron chi connectivity index (χ1n) is 5.94. The Hall–Kier alpha value is -2.93. The molecule has 4 nitrogen and oxygen atoms in total. The topological polar surface area (TPSA) is 81.0 Å². The van der Waals surface area contributed by atoms with Gasteiger partial charge in [0, 0.05) is 11.5 Å². The molecule has 20 heavy (non-hydrogen) atoms. The molecular formula is C16H10NO3-. The monoisotopic (exact) mass is 264 g/mol. The molecule has 2 aromatic carbocycles. The van der Waals surface area contributed by atoms with E-state index in [1.165, 1.54) is 0 Å². The van der Waals surface area contributed by atoms with E-state index in [9.17, 15) is 14.7 Å². The lowest BCUT2D eigenvalue weighted by atomic mass is 10.0. The number of nitriles is 1. The molecule has 0 amide bonds. The van der Waals surface area contributed by atoms with Crippen molar-refractivity contribution in [1.29, 1.82) is 5.26 Å². The second kappa shape index (κ2) is 5.81. The molecule has 2 rings (SSSR count). The lowest BCUT2D eigenvalue weighted by Crippen LogP contribution is -2.25. The Morgan fingerprint density at radius 3 is 1.90 bits per heavy atom. The van der Waals surface area contributed by atoms with Crippen LogP contribution in [0.25, 0.3) is 11.1 Å². The number of rotatable bonds is 4. The first-order chi connectivity index (χ1) is 9.60. The van der Waals surface area contributed by atoms with Gasteiger partial charge in [0.15, 0.2) is 5.78 Å². The van der Waals surface area contributed by atoms with Gasteiger partial charge in [-0.3, -0.25) is 4.79 Å². The quantitative estimate of drug-likeness (QED) is 0.619. The van der Waals surface area contributed by atoms with Crippen molar-refractivity contribution in [2.45, 2.75) is 6.42 Å². The third kappa shape index (κ3) is 3.09. The summed E-state index contributed by atoms with van der Waals surface area (Å²) in [6.45, 7) is 0. The second-order valence-electron chi connectivity index (χ2n) is 4.24. The van der Waals surface area contributed by atoms with Gasteiger partial charge >= 0.3 is 0 Å². The van der Waals surface area contributed by atoms with E-state index in [1.807, 2.05) is 18.2 Å². The minimum Gasteiger partial charge on any atom is -0.550 e. The lowest BCUT2D eigenvalue weighted by molar-refractivity contribution is -0.304. The number of carbonyl (C=O) groups is 2. The van der Waals surface area contributed by atoms with E-state index in [2.05, 4.69) is 0 Å². The average Bonchev–Trinajstić information content (AvgIpc) is 2.47. The van der Waals surface area contributed by atoms with Crippen molar-refractivity contribution < 1.29 is 14.7 Å². The van der Waals surface area contributed by atoms with Crippen LogP contribution in [-0.4, -0.2) is 11.8 Å². The molecule has 2 aromatic rings. The number of carbonyl (C=O) groups excluding carboxylic acids is 2. The fraction of sp³-hybridized carbons (Fsp3) is 0.0625. The number of hydrogen-bond donors (Lipinski definition) is 0. The van der Waals surface area contributed by atoms with E-state index in [-0.39, 0.29) is 0 Å². The first kappa shape index (κ1) is 13.5. The van der Waals surface area contributed by atoms with E-state index >= 15 is 0 Å². The number of benzene rings is 2. The highest BCUT2D eigenvalue weighted by Crippen LogP contribution is 2.20. The van der Waals surface area contributed by atoms with Crippen LogP contribution < -0.4 is 5.11 Å². The summed E-state index contributed by atoms with van der Waals surface area (Å²) >= 11 is 0. The van der Waals surface area contributed by atoms with E-state index in [4.69, 9.17) is 5.26 Å². The lowest BCUT2D eigenvalue weighted by Gasteiger charge is -2.05. The number of hydrogen-bond acceptors (Lipinski definition) is 4. The minimum atomic E-state index is -1.38. The van der Waals surface area contributed by atoms with Crippen LogP contribution in [0.1, 0.15) is 22.3 Å². The van der Waals surface area contributed by atoms with Crippen LogP contribution in [0.4, 0.5) is 0 Å². The van der Waals surface area contributed by atoms with Crippen LogP contribution in [0, 0.1) is 11.3 Å². The smallest absolute Gasteiger partial charge is 0.168 e. The molecule has 0 atom stereocenters. The zero-order chi connectivity index (χ0) is 14.5. The molecule has 0 N–H and O–H groups in total. The van der Waals surface area contributed by atoms with Crippen LogP contribution in [0.15, 0.2) is 48.5 Å². The van der Waals surface area contributed by atoms with E-state index in [0.29, 0.717) is 11.1 Å². The van der Waals surface area contributed by atoms with Crippen molar-refractivity contribution in [3.05, 3.63) is 59.7 Å². The van der Waals surface area contributed by atoms with Gasteiger partial charge in [-0.2, -0.15) is 5.26 Å². The fourth-order valence-corrected chi connectivity index (χ4v) is 1.82. The first-order valence-corrected chi connectivity index (χ1v) is 5.94. The molecule has 0 aliphatic carbocycles. The minimum absolute atomic E-state index is 0.339. The molecule has 0 fully saturated rings. The Morgan fingerprint density at radius 1 is 0.950 bits per heavy atom. The molecule has 0 radical (unpaired) electrons. The van der Waals surface area contributed by atoms with Gasteiger partial charge in [0.1, 0.15) is 0 Å². The summed E-state index contributed by atoms with van der Waals surface area (Å²) in [6, 6.07) is 15.7. The highest BCUT2D eigenvalue weighted by molar-refractivity contribution is 6.05. The van der Waals surface area contributed by atoms with Gasteiger partial charge in [-0.15, -0.1) is 0 Å². The van der Waals surface area contributed by atoms with E-state index < -0.39 is 18.2 Å². The predicted molar refractivity (Wildman–Crippen MR) is 70.5 cm³/mol. The molecule has 4 heteroatoms. The summed E-state index contributed by atoms with van der Waals surface area (Å²) in [6.07, 6.45) is -0.615. The maximum Gasteiger partial charge on any atom is 0.168 e. The van der Waals surface area contributed by atoms with Crippen LogP contribution in [0.5, 0.6) is 0 Å². The molecule has 0 unspecified atom stereocenters. The highest BCUT2D eigenvalue weighted by Gasteiger charge is 2.06. The second-order valence-corrected chi connectivity index (χ2v) is 4.24. The van der Waals surface area contributed by atoms with Crippen molar-refractivity contribution in [2.24, 2.45) is 0 Å². The molecule has 0 aliphatic heterocycles. The van der Waals surface area contributed by atoms with Crippen molar-refractivity contribution in [3.8, 4) is 17.2 Å².